The molecule has 7 heteroatoms. The Morgan fingerprint density at radius 3 is 2.77 bits per heavy atom. The maximum absolute atomic E-state index is 10.8. The van der Waals surface area contributed by atoms with Crippen LogP contribution >= 0.6 is 0 Å². The third-order valence-corrected chi connectivity index (χ3v) is 1.62. The number of amidine groups is 1. The molecule has 0 aliphatic carbocycles. The maximum Gasteiger partial charge on any atom is 0.346 e. The van der Waals surface area contributed by atoms with Crippen molar-refractivity contribution < 1.29 is 9.72 Å². The topological polar surface area (TPSA) is 97.0 Å². The number of amides is 2. The highest BCUT2D eigenvalue weighted by atomic mass is 16.6. The lowest BCUT2D eigenvalue weighted by atomic mass is 10.1. The molecule has 7 nitrogen and oxygen atoms in total. The van der Waals surface area contributed by atoms with Gasteiger partial charge in [0.05, 0.1) is 0 Å². The summed E-state index contributed by atoms with van der Waals surface area (Å²) in [5.74, 6) is 0.0301. The lowest BCUT2D eigenvalue weighted by Crippen LogP contribution is -2.50. The van der Waals surface area contributed by atoms with Crippen LogP contribution in [0.15, 0.2) is 9.98 Å². The second kappa shape index (κ2) is 3.30. The van der Waals surface area contributed by atoms with Gasteiger partial charge in [-0.25, -0.2) is 4.79 Å². The molecule has 0 aromatic rings. The highest BCUT2D eigenvalue weighted by Crippen LogP contribution is 2.02. The number of nitro groups is 1. The highest BCUT2D eigenvalue weighted by molar-refractivity contribution is 6.19. The third kappa shape index (κ3) is 1.68. The number of carbonyl (C=O) groups is 1. The number of nitrogens with zero attached hydrogens (tertiary/aromatic N) is 3. The number of aliphatic imine (C=N–C) groups is 2. The van der Waals surface area contributed by atoms with E-state index in [1.807, 2.05) is 0 Å². The summed E-state index contributed by atoms with van der Waals surface area (Å²) in [6.07, 6.45) is 0. The molecule has 1 aliphatic rings. The lowest BCUT2D eigenvalue weighted by Gasteiger charge is -2.15. The summed E-state index contributed by atoms with van der Waals surface area (Å²) < 4.78 is 0. The molecule has 0 fully saturated rings. The van der Waals surface area contributed by atoms with E-state index in [-0.39, 0.29) is 11.5 Å². The van der Waals surface area contributed by atoms with Crippen LogP contribution in [0.2, 0.25) is 0 Å². The van der Waals surface area contributed by atoms with E-state index in [4.69, 9.17) is 0 Å². The van der Waals surface area contributed by atoms with Crippen molar-refractivity contribution in [3.63, 3.8) is 0 Å². The Kier molecular flexibility index (Phi) is 2.36. The van der Waals surface area contributed by atoms with Gasteiger partial charge in [-0.15, -0.1) is 0 Å². The van der Waals surface area contributed by atoms with Crippen molar-refractivity contribution in [2.45, 2.75) is 13.0 Å². The SMILES string of the molecule is CN=C1NC(=O)N=C(C)C1[N+](=O)[O-]. The van der Waals surface area contributed by atoms with Crippen LogP contribution in [-0.2, 0) is 0 Å². The molecule has 1 N–H and O–H groups in total. The Morgan fingerprint density at radius 2 is 2.31 bits per heavy atom. The summed E-state index contributed by atoms with van der Waals surface area (Å²) in [6.45, 7) is 1.43. The number of urea groups is 1. The number of hydrogen-bond acceptors (Lipinski definition) is 4. The van der Waals surface area contributed by atoms with Crippen molar-refractivity contribution in [2.24, 2.45) is 9.98 Å². The molecule has 0 aromatic heterocycles. The Morgan fingerprint density at radius 1 is 1.69 bits per heavy atom. The van der Waals surface area contributed by atoms with Gasteiger partial charge in [0, 0.05) is 12.0 Å². The quantitative estimate of drug-likeness (QED) is 0.453. The average Bonchev–Trinajstić information content (AvgIpc) is 2.01. The molecule has 0 bridgehead atoms. The second-order valence-corrected chi connectivity index (χ2v) is 2.48. The zero-order valence-electron chi connectivity index (χ0n) is 7.14. The monoisotopic (exact) mass is 184 g/mol. The smallest absolute Gasteiger partial charge is 0.288 e. The molecule has 1 atom stereocenters. The van der Waals surface area contributed by atoms with Crippen molar-refractivity contribution in [2.75, 3.05) is 7.05 Å². The number of rotatable bonds is 1. The van der Waals surface area contributed by atoms with Gasteiger partial charge >= 0.3 is 12.1 Å². The van der Waals surface area contributed by atoms with E-state index in [1.165, 1.54) is 14.0 Å². The summed E-state index contributed by atoms with van der Waals surface area (Å²) in [5, 5.41) is 12.7. The molecule has 2 amide bonds. The van der Waals surface area contributed by atoms with Crippen LogP contribution < -0.4 is 5.32 Å². The standard InChI is InChI=1S/C6H8N4O3/c1-3-4(10(12)13)5(7-2)9-6(11)8-3/h4H,1-2H3,(H,7,9,11). The van der Waals surface area contributed by atoms with Gasteiger partial charge in [-0.2, -0.15) is 4.99 Å². The fraction of sp³-hybridized carbons (Fsp3) is 0.500. The van der Waals surface area contributed by atoms with Crippen LogP contribution in [0.5, 0.6) is 0 Å². The van der Waals surface area contributed by atoms with Gasteiger partial charge < -0.3 is 0 Å². The van der Waals surface area contributed by atoms with Crippen molar-refractivity contribution in [3.8, 4) is 0 Å². The van der Waals surface area contributed by atoms with E-state index >= 15 is 0 Å². The molecule has 0 spiro atoms. The molecule has 0 saturated heterocycles. The fourth-order valence-corrected chi connectivity index (χ4v) is 1.06. The Labute approximate surface area is 73.7 Å². The van der Waals surface area contributed by atoms with E-state index in [1.54, 1.807) is 0 Å². The first-order chi connectivity index (χ1) is 6.06. The maximum atomic E-state index is 10.8. The van der Waals surface area contributed by atoms with Gasteiger partial charge in [0.15, 0.2) is 5.84 Å². The third-order valence-electron chi connectivity index (χ3n) is 1.62. The fourth-order valence-electron chi connectivity index (χ4n) is 1.06. The van der Waals surface area contributed by atoms with Gasteiger partial charge in [-0.05, 0) is 6.92 Å². The molecule has 0 aromatic carbocycles. The summed E-state index contributed by atoms with van der Waals surface area (Å²) in [4.78, 5) is 27.8. The van der Waals surface area contributed by atoms with Crippen molar-refractivity contribution in [3.05, 3.63) is 10.1 Å². The Balaban J connectivity index is 3.09. The number of hydrogen-bond donors (Lipinski definition) is 1. The van der Waals surface area contributed by atoms with Crippen molar-refractivity contribution >= 4 is 17.6 Å². The van der Waals surface area contributed by atoms with E-state index < -0.39 is 17.0 Å². The molecule has 13 heavy (non-hydrogen) atoms. The zero-order valence-corrected chi connectivity index (χ0v) is 7.14. The Bertz CT molecular complexity index is 320. The molecule has 0 radical (unpaired) electrons. The minimum absolute atomic E-state index is 0.0301. The lowest BCUT2D eigenvalue weighted by molar-refractivity contribution is -0.485. The van der Waals surface area contributed by atoms with Crippen LogP contribution in [0, 0.1) is 10.1 Å². The van der Waals surface area contributed by atoms with E-state index in [0.29, 0.717) is 0 Å². The number of carbonyl (C=O) groups excluding carboxylic acids is 1. The molecular formula is C6H8N4O3. The minimum atomic E-state index is -1.12. The summed E-state index contributed by atoms with van der Waals surface area (Å²) >= 11 is 0. The minimum Gasteiger partial charge on any atom is -0.288 e. The van der Waals surface area contributed by atoms with Crippen molar-refractivity contribution in [1.82, 2.24) is 5.32 Å². The Hall–Kier alpha value is -1.79. The summed E-state index contributed by atoms with van der Waals surface area (Å²) in [6, 6.07) is -1.74. The zero-order chi connectivity index (χ0) is 10.0. The molecular weight excluding hydrogens is 176 g/mol. The van der Waals surface area contributed by atoms with E-state index in [2.05, 4.69) is 15.3 Å². The molecule has 1 rings (SSSR count). The predicted octanol–water partition coefficient (Wildman–Crippen LogP) is -0.156. The van der Waals surface area contributed by atoms with E-state index in [9.17, 15) is 14.9 Å². The predicted molar refractivity (Wildman–Crippen MR) is 45.8 cm³/mol. The van der Waals surface area contributed by atoms with Gasteiger partial charge in [-0.3, -0.25) is 20.4 Å². The molecule has 1 aliphatic heterocycles. The van der Waals surface area contributed by atoms with Crippen LogP contribution in [-0.4, -0.2) is 35.6 Å². The summed E-state index contributed by atoms with van der Waals surface area (Å²) in [7, 11) is 1.38. The average molecular weight is 184 g/mol. The molecule has 0 saturated carbocycles. The number of nitrogens with one attached hydrogen (secondary N) is 1. The second-order valence-electron chi connectivity index (χ2n) is 2.48. The van der Waals surface area contributed by atoms with Gasteiger partial charge in [0.1, 0.15) is 5.71 Å². The van der Waals surface area contributed by atoms with Crippen molar-refractivity contribution in [1.29, 1.82) is 0 Å². The van der Waals surface area contributed by atoms with Crippen LogP contribution in [0.3, 0.4) is 0 Å². The first kappa shape index (κ1) is 9.30. The molecule has 1 heterocycles. The van der Waals surface area contributed by atoms with E-state index in [0.717, 1.165) is 0 Å². The van der Waals surface area contributed by atoms with Crippen LogP contribution in [0.25, 0.3) is 0 Å². The first-order valence-corrected chi connectivity index (χ1v) is 3.52. The molecule has 1 unspecified atom stereocenters. The normalized spacial score (nSPS) is 25.4. The van der Waals surface area contributed by atoms with Gasteiger partial charge in [0.25, 0.3) is 0 Å². The molecule has 70 valence electrons. The van der Waals surface area contributed by atoms with Gasteiger partial charge in [-0.1, -0.05) is 0 Å². The first-order valence-electron chi connectivity index (χ1n) is 3.52. The van der Waals surface area contributed by atoms with Crippen LogP contribution in [0.1, 0.15) is 6.92 Å². The van der Waals surface area contributed by atoms with Crippen LogP contribution in [0.4, 0.5) is 4.79 Å². The largest absolute Gasteiger partial charge is 0.346 e. The highest BCUT2D eigenvalue weighted by Gasteiger charge is 2.35. The van der Waals surface area contributed by atoms with Gasteiger partial charge in [0.2, 0.25) is 0 Å². The summed E-state index contributed by atoms with van der Waals surface area (Å²) in [5.41, 5.74) is 0.148.